The summed E-state index contributed by atoms with van der Waals surface area (Å²) in [5.74, 6) is -0.720. The minimum absolute atomic E-state index is 0. The van der Waals surface area contributed by atoms with Crippen molar-refractivity contribution in [2.24, 2.45) is 5.73 Å². The standard InChI is InChI=1S/C5H9NO2.C4H11N/c7-5(8)4-2-1-3-6-4;1-4(2,3)5/h4,6H,1-3H2,(H,7,8);5H2,1-3H3/t4-;/m0./s1. The third-order valence-electron chi connectivity index (χ3n) is 1.36. The Kier molecular flexibility index (Phi) is 4.95. The summed E-state index contributed by atoms with van der Waals surface area (Å²) in [6, 6.07) is -0.269. The monoisotopic (exact) mass is 188 g/mol. The van der Waals surface area contributed by atoms with Crippen LogP contribution >= 0.6 is 0 Å². The molecule has 0 unspecified atom stereocenters. The normalized spacial score (nSPS) is 22.0. The zero-order valence-electron chi connectivity index (χ0n) is 8.63. The predicted molar refractivity (Wildman–Crippen MR) is 52.6 cm³/mol. The average molecular weight is 188 g/mol. The fraction of sp³-hybridized carbons (Fsp3) is 0.889. The number of rotatable bonds is 1. The van der Waals surface area contributed by atoms with Gasteiger partial charge in [0.2, 0.25) is 0 Å². The van der Waals surface area contributed by atoms with Gasteiger partial charge in [0.15, 0.2) is 0 Å². The highest BCUT2D eigenvalue weighted by molar-refractivity contribution is 5.73. The number of aliphatic carboxylic acids is 1. The van der Waals surface area contributed by atoms with E-state index >= 15 is 0 Å². The smallest absolute Gasteiger partial charge is 0.320 e. The number of carboxylic acid groups (broad SMARTS) is 1. The summed E-state index contributed by atoms with van der Waals surface area (Å²) in [5.41, 5.74) is 5.35. The van der Waals surface area contributed by atoms with Gasteiger partial charge in [0.05, 0.1) is 0 Å². The van der Waals surface area contributed by atoms with Gasteiger partial charge in [0, 0.05) is 5.54 Å². The second-order valence-electron chi connectivity index (χ2n) is 4.35. The van der Waals surface area contributed by atoms with Crippen LogP contribution in [0.1, 0.15) is 33.6 Å². The number of carbonyl (C=O) groups is 1. The van der Waals surface area contributed by atoms with E-state index < -0.39 is 5.97 Å². The summed E-state index contributed by atoms with van der Waals surface area (Å²) in [7, 11) is 0. The Morgan fingerprint density at radius 3 is 2.15 bits per heavy atom. The molecule has 0 amide bonds. The van der Waals surface area contributed by atoms with Crippen LogP contribution in [-0.4, -0.2) is 29.2 Å². The molecular formula is C9H20N2O2. The van der Waals surface area contributed by atoms with E-state index in [9.17, 15) is 4.79 Å². The molecule has 13 heavy (non-hydrogen) atoms. The SMILES string of the molecule is CC(C)(C)N.O=C(O)[C@@H]1CCCN1. The number of carboxylic acids is 1. The average Bonchev–Trinajstić information content (AvgIpc) is 2.31. The summed E-state index contributed by atoms with van der Waals surface area (Å²) < 4.78 is 0. The molecule has 0 radical (unpaired) electrons. The Bertz CT molecular complexity index is 151. The van der Waals surface area contributed by atoms with Crippen molar-refractivity contribution in [3.63, 3.8) is 0 Å². The lowest BCUT2D eigenvalue weighted by molar-refractivity contribution is -0.139. The highest BCUT2D eigenvalue weighted by Gasteiger charge is 2.20. The lowest BCUT2D eigenvalue weighted by Crippen LogP contribution is -2.29. The lowest BCUT2D eigenvalue weighted by atomic mass is 10.1. The molecule has 1 aliphatic heterocycles. The molecule has 1 fully saturated rings. The van der Waals surface area contributed by atoms with E-state index in [4.69, 9.17) is 10.8 Å². The molecule has 78 valence electrons. The van der Waals surface area contributed by atoms with E-state index in [1.54, 1.807) is 0 Å². The van der Waals surface area contributed by atoms with Gasteiger partial charge in [-0.05, 0) is 40.2 Å². The molecule has 1 aliphatic rings. The third kappa shape index (κ3) is 9.30. The maximum absolute atomic E-state index is 10.1. The minimum Gasteiger partial charge on any atom is -0.480 e. The summed E-state index contributed by atoms with van der Waals surface area (Å²) >= 11 is 0. The lowest BCUT2D eigenvalue weighted by Gasteiger charge is -2.06. The Labute approximate surface area is 79.5 Å². The van der Waals surface area contributed by atoms with Gasteiger partial charge in [-0.15, -0.1) is 0 Å². The van der Waals surface area contributed by atoms with E-state index in [0.717, 1.165) is 19.4 Å². The highest BCUT2D eigenvalue weighted by atomic mass is 16.4. The van der Waals surface area contributed by atoms with Gasteiger partial charge in [-0.25, -0.2) is 0 Å². The molecule has 1 atom stereocenters. The van der Waals surface area contributed by atoms with Crippen LogP contribution in [0.2, 0.25) is 0 Å². The molecule has 0 bridgehead atoms. The zero-order valence-corrected chi connectivity index (χ0v) is 8.63. The van der Waals surface area contributed by atoms with E-state index in [1.165, 1.54) is 0 Å². The Balaban J connectivity index is 0.000000252. The molecule has 4 heteroatoms. The number of hydrogen-bond acceptors (Lipinski definition) is 3. The maximum atomic E-state index is 10.1. The van der Waals surface area contributed by atoms with E-state index in [1.807, 2.05) is 20.8 Å². The van der Waals surface area contributed by atoms with Crippen molar-refractivity contribution in [1.29, 1.82) is 0 Å². The van der Waals surface area contributed by atoms with Crippen LogP contribution in [-0.2, 0) is 4.79 Å². The largest absolute Gasteiger partial charge is 0.480 e. The van der Waals surface area contributed by atoms with Gasteiger partial charge < -0.3 is 16.2 Å². The predicted octanol–water partition coefficient (Wildman–Crippen LogP) is 0.567. The van der Waals surface area contributed by atoms with Gasteiger partial charge in [-0.3, -0.25) is 4.79 Å². The first-order valence-corrected chi connectivity index (χ1v) is 4.56. The van der Waals surface area contributed by atoms with E-state index in [-0.39, 0.29) is 11.6 Å². The van der Waals surface area contributed by atoms with Crippen molar-refractivity contribution in [3.05, 3.63) is 0 Å². The first-order chi connectivity index (χ1) is 5.80. The van der Waals surface area contributed by atoms with Crippen LogP contribution in [0.15, 0.2) is 0 Å². The first-order valence-electron chi connectivity index (χ1n) is 4.56. The van der Waals surface area contributed by atoms with Crippen LogP contribution in [0, 0.1) is 0 Å². The van der Waals surface area contributed by atoms with Gasteiger partial charge >= 0.3 is 5.97 Å². The van der Waals surface area contributed by atoms with Crippen molar-refractivity contribution >= 4 is 5.97 Å². The van der Waals surface area contributed by atoms with Crippen molar-refractivity contribution < 1.29 is 9.90 Å². The second kappa shape index (κ2) is 5.19. The number of nitrogens with two attached hydrogens (primary N) is 1. The molecule has 1 rings (SSSR count). The molecular weight excluding hydrogens is 168 g/mol. The van der Waals surface area contributed by atoms with Gasteiger partial charge in [0.1, 0.15) is 6.04 Å². The molecule has 4 N–H and O–H groups in total. The summed E-state index contributed by atoms with van der Waals surface area (Å²) in [4.78, 5) is 10.1. The van der Waals surface area contributed by atoms with Crippen molar-refractivity contribution in [2.75, 3.05) is 6.54 Å². The summed E-state index contributed by atoms with van der Waals surface area (Å²) in [6.45, 7) is 6.75. The molecule has 0 aliphatic carbocycles. The molecule has 0 aromatic rings. The summed E-state index contributed by atoms with van der Waals surface area (Å²) in [5, 5.41) is 11.2. The third-order valence-corrected chi connectivity index (χ3v) is 1.36. The second-order valence-corrected chi connectivity index (χ2v) is 4.35. The van der Waals surface area contributed by atoms with Gasteiger partial charge in [-0.2, -0.15) is 0 Å². The topological polar surface area (TPSA) is 75.4 Å². The fourth-order valence-corrected chi connectivity index (χ4v) is 0.895. The molecule has 0 aromatic carbocycles. The van der Waals surface area contributed by atoms with Crippen molar-refractivity contribution in [3.8, 4) is 0 Å². The minimum atomic E-state index is -0.720. The first kappa shape index (κ1) is 12.4. The molecule has 0 spiro atoms. The van der Waals surface area contributed by atoms with Crippen LogP contribution in [0.5, 0.6) is 0 Å². The zero-order chi connectivity index (χ0) is 10.5. The molecule has 0 saturated carbocycles. The van der Waals surface area contributed by atoms with Crippen LogP contribution in [0.25, 0.3) is 0 Å². The highest BCUT2D eigenvalue weighted by Crippen LogP contribution is 2.03. The Morgan fingerprint density at radius 1 is 1.54 bits per heavy atom. The van der Waals surface area contributed by atoms with Crippen LogP contribution in [0.4, 0.5) is 0 Å². The van der Waals surface area contributed by atoms with Gasteiger partial charge in [0.25, 0.3) is 0 Å². The Hall–Kier alpha value is -0.610. The molecule has 1 saturated heterocycles. The molecule has 4 nitrogen and oxygen atoms in total. The summed E-state index contributed by atoms with van der Waals surface area (Å²) in [6.07, 6.45) is 1.78. The molecule has 1 heterocycles. The van der Waals surface area contributed by atoms with Gasteiger partial charge in [-0.1, -0.05) is 0 Å². The maximum Gasteiger partial charge on any atom is 0.320 e. The van der Waals surface area contributed by atoms with Crippen molar-refractivity contribution in [1.82, 2.24) is 5.32 Å². The van der Waals surface area contributed by atoms with E-state index in [2.05, 4.69) is 5.32 Å². The Morgan fingerprint density at radius 2 is 2.00 bits per heavy atom. The number of nitrogens with one attached hydrogen (secondary N) is 1. The number of hydrogen-bond donors (Lipinski definition) is 3. The fourth-order valence-electron chi connectivity index (χ4n) is 0.895. The molecule has 0 aromatic heterocycles. The van der Waals surface area contributed by atoms with E-state index in [0.29, 0.717) is 0 Å². The van der Waals surface area contributed by atoms with Crippen LogP contribution in [0.3, 0.4) is 0 Å². The quantitative estimate of drug-likeness (QED) is 0.562. The van der Waals surface area contributed by atoms with Crippen molar-refractivity contribution in [2.45, 2.75) is 45.2 Å². The van der Waals surface area contributed by atoms with Crippen LogP contribution < -0.4 is 11.1 Å².